The van der Waals surface area contributed by atoms with Crippen LogP contribution in [0.5, 0.6) is 0 Å². The Hall–Kier alpha value is -2.51. The van der Waals surface area contributed by atoms with Gasteiger partial charge < -0.3 is 5.32 Å². The van der Waals surface area contributed by atoms with Gasteiger partial charge in [-0.15, -0.1) is 0 Å². The van der Waals surface area contributed by atoms with Gasteiger partial charge in [0, 0.05) is 18.8 Å². The van der Waals surface area contributed by atoms with Crippen LogP contribution in [0.2, 0.25) is 0 Å². The minimum atomic E-state index is -4.53. The first kappa shape index (κ1) is 14.9. The van der Waals surface area contributed by atoms with E-state index in [1.165, 1.54) is 18.2 Å². The quantitative estimate of drug-likeness (QED) is 0.910. The molecule has 1 aromatic heterocycles. The van der Waals surface area contributed by atoms with Gasteiger partial charge in [0.2, 0.25) is 0 Å². The summed E-state index contributed by atoms with van der Waals surface area (Å²) in [6.07, 6.45) is -2.88. The van der Waals surface area contributed by atoms with Crippen LogP contribution in [-0.4, -0.2) is 15.8 Å². The number of carbonyl (C=O) groups excluding carboxylic acids is 1. The average molecular weight is 298 g/mol. The molecule has 2 N–H and O–H groups in total. The van der Waals surface area contributed by atoms with Crippen molar-refractivity contribution in [3.63, 3.8) is 0 Å². The fourth-order valence-electron chi connectivity index (χ4n) is 1.71. The zero-order valence-electron chi connectivity index (χ0n) is 11.1. The van der Waals surface area contributed by atoms with Crippen molar-refractivity contribution in [1.82, 2.24) is 9.78 Å². The second-order valence-corrected chi connectivity index (χ2v) is 4.18. The minimum absolute atomic E-state index is 0.263. The number of amides is 2. The Morgan fingerprint density at radius 2 is 1.95 bits per heavy atom. The Morgan fingerprint density at radius 3 is 2.57 bits per heavy atom. The van der Waals surface area contributed by atoms with E-state index in [-0.39, 0.29) is 11.5 Å². The van der Waals surface area contributed by atoms with Crippen molar-refractivity contribution in [1.29, 1.82) is 0 Å². The topological polar surface area (TPSA) is 59.0 Å². The number of anilines is 2. The number of nitrogens with one attached hydrogen (secondary N) is 2. The van der Waals surface area contributed by atoms with Crippen LogP contribution in [0.4, 0.5) is 29.5 Å². The summed E-state index contributed by atoms with van der Waals surface area (Å²) in [7, 11) is 0. The molecule has 0 spiro atoms. The molecule has 1 heterocycles. The van der Waals surface area contributed by atoms with Crippen LogP contribution in [0.3, 0.4) is 0 Å². The lowest BCUT2D eigenvalue weighted by molar-refractivity contribution is -0.136. The van der Waals surface area contributed by atoms with Crippen molar-refractivity contribution in [3.8, 4) is 0 Å². The number of aromatic nitrogens is 2. The van der Waals surface area contributed by atoms with Crippen molar-refractivity contribution >= 4 is 17.5 Å². The first-order valence-corrected chi connectivity index (χ1v) is 6.18. The molecule has 0 unspecified atom stereocenters. The summed E-state index contributed by atoms with van der Waals surface area (Å²) in [5.74, 6) is 0.263. The summed E-state index contributed by atoms with van der Waals surface area (Å²) in [5, 5.41) is 8.55. The molecule has 0 saturated heterocycles. The highest BCUT2D eigenvalue weighted by Gasteiger charge is 2.33. The number of urea groups is 1. The summed E-state index contributed by atoms with van der Waals surface area (Å²) in [6.45, 7) is 2.50. The van der Waals surface area contributed by atoms with E-state index in [9.17, 15) is 18.0 Å². The van der Waals surface area contributed by atoms with Crippen molar-refractivity contribution in [2.75, 3.05) is 10.6 Å². The van der Waals surface area contributed by atoms with Crippen LogP contribution in [0, 0.1) is 0 Å². The highest BCUT2D eigenvalue weighted by molar-refractivity contribution is 5.99. The van der Waals surface area contributed by atoms with Crippen LogP contribution < -0.4 is 10.6 Å². The second kappa shape index (κ2) is 5.86. The normalized spacial score (nSPS) is 11.2. The number of halogens is 3. The lowest BCUT2D eigenvalue weighted by Crippen LogP contribution is -2.22. The number of para-hydroxylation sites is 1. The van der Waals surface area contributed by atoms with Gasteiger partial charge in [0.15, 0.2) is 5.82 Å². The Kier molecular flexibility index (Phi) is 4.15. The summed E-state index contributed by atoms with van der Waals surface area (Å²) in [4.78, 5) is 11.7. The van der Waals surface area contributed by atoms with Gasteiger partial charge in [-0.2, -0.15) is 18.3 Å². The maximum atomic E-state index is 12.8. The summed E-state index contributed by atoms with van der Waals surface area (Å²) >= 11 is 0. The molecule has 0 bridgehead atoms. The maximum absolute atomic E-state index is 12.8. The number of carbonyl (C=O) groups is 1. The molecule has 0 saturated carbocycles. The van der Waals surface area contributed by atoms with Crippen LogP contribution in [0.1, 0.15) is 12.5 Å². The second-order valence-electron chi connectivity index (χ2n) is 4.18. The van der Waals surface area contributed by atoms with Crippen molar-refractivity contribution in [3.05, 3.63) is 42.1 Å². The van der Waals surface area contributed by atoms with Gasteiger partial charge >= 0.3 is 12.2 Å². The lowest BCUT2D eigenvalue weighted by atomic mass is 10.1. The first-order chi connectivity index (χ1) is 9.90. The standard InChI is InChI=1S/C13H13F3N4O/c1-2-20-8-7-11(19-20)18-12(21)17-10-6-4-3-5-9(10)13(14,15)16/h3-8H,2H2,1H3,(H2,17,18,19,21). The molecule has 5 nitrogen and oxygen atoms in total. The van der Waals surface area contributed by atoms with Crippen molar-refractivity contribution in [2.24, 2.45) is 0 Å². The highest BCUT2D eigenvalue weighted by Crippen LogP contribution is 2.34. The number of rotatable bonds is 3. The van der Waals surface area contributed by atoms with E-state index in [1.54, 1.807) is 16.9 Å². The molecule has 0 aliphatic heterocycles. The van der Waals surface area contributed by atoms with Gasteiger partial charge in [0.05, 0.1) is 11.3 Å². The number of hydrogen-bond donors (Lipinski definition) is 2. The van der Waals surface area contributed by atoms with Crippen molar-refractivity contribution in [2.45, 2.75) is 19.6 Å². The van der Waals surface area contributed by atoms with Gasteiger partial charge in [-0.1, -0.05) is 12.1 Å². The van der Waals surface area contributed by atoms with Gasteiger partial charge in [-0.3, -0.25) is 10.00 Å². The van der Waals surface area contributed by atoms with E-state index in [4.69, 9.17) is 0 Å². The molecule has 2 aromatic rings. The van der Waals surface area contributed by atoms with Gasteiger partial charge in [-0.05, 0) is 19.1 Å². The third-order valence-corrected chi connectivity index (χ3v) is 2.69. The SMILES string of the molecule is CCn1ccc(NC(=O)Nc2ccccc2C(F)(F)F)n1. The molecule has 1 aromatic carbocycles. The van der Waals surface area contributed by atoms with E-state index in [2.05, 4.69) is 15.7 Å². The molecule has 2 rings (SSSR count). The molecule has 21 heavy (non-hydrogen) atoms. The highest BCUT2D eigenvalue weighted by atomic mass is 19.4. The molecule has 2 amide bonds. The first-order valence-electron chi connectivity index (χ1n) is 6.18. The Balaban J connectivity index is 2.09. The minimum Gasteiger partial charge on any atom is -0.307 e. The molecule has 0 fully saturated rings. The van der Waals surface area contributed by atoms with E-state index >= 15 is 0 Å². The number of nitrogens with zero attached hydrogens (tertiary/aromatic N) is 2. The van der Waals surface area contributed by atoms with Crippen LogP contribution >= 0.6 is 0 Å². The van der Waals surface area contributed by atoms with Crippen molar-refractivity contribution < 1.29 is 18.0 Å². The zero-order chi connectivity index (χ0) is 15.5. The Labute approximate surface area is 118 Å². The monoisotopic (exact) mass is 298 g/mol. The summed E-state index contributed by atoms with van der Waals surface area (Å²) in [5.41, 5.74) is -1.21. The van der Waals surface area contributed by atoms with Crippen LogP contribution in [0.25, 0.3) is 0 Å². The van der Waals surface area contributed by atoms with E-state index in [0.29, 0.717) is 6.54 Å². The third-order valence-electron chi connectivity index (χ3n) is 2.69. The smallest absolute Gasteiger partial charge is 0.307 e. The molecule has 112 valence electrons. The molecular weight excluding hydrogens is 285 g/mol. The average Bonchev–Trinajstić information content (AvgIpc) is 2.85. The molecule has 0 aliphatic carbocycles. The van der Waals surface area contributed by atoms with E-state index in [0.717, 1.165) is 6.07 Å². The Bertz CT molecular complexity index is 636. The number of hydrogen-bond acceptors (Lipinski definition) is 2. The van der Waals surface area contributed by atoms with Crippen LogP contribution in [0.15, 0.2) is 36.5 Å². The zero-order valence-corrected chi connectivity index (χ0v) is 11.1. The van der Waals surface area contributed by atoms with Gasteiger partial charge in [-0.25, -0.2) is 4.79 Å². The number of benzene rings is 1. The molecular formula is C13H13F3N4O. The summed E-state index contributed by atoms with van der Waals surface area (Å²) in [6, 6.07) is 5.53. The van der Waals surface area contributed by atoms with Crippen LogP contribution in [-0.2, 0) is 12.7 Å². The Morgan fingerprint density at radius 1 is 1.24 bits per heavy atom. The predicted octanol–water partition coefficient (Wildman–Crippen LogP) is 3.57. The number of alkyl halides is 3. The third kappa shape index (κ3) is 3.74. The van der Waals surface area contributed by atoms with E-state index in [1.807, 2.05) is 6.92 Å². The largest absolute Gasteiger partial charge is 0.418 e. The molecule has 0 aliphatic rings. The van der Waals surface area contributed by atoms with Gasteiger partial charge in [0.1, 0.15) is 0 Å². The fraction of sp³-hybridized carbons (Fsp3) is 0.231. The lowest BCUT2D eigenvalue weighted by Gasteiger charge is -2.13. The maximum Gasteiger partial charge on any atom is 0.418 e. The molecule has 8 heteroatoms. The number of aryl methyl sites for hydroxylation is 1. The molecule has 0 atom stereocenters. The van der Waals surface area contributed by atoms with E-state index < -0.39 is 17.8 Å². The fourth-order valence-corrected chi connectivity index (χ4v) is 1.71. The predicted molar refractivity (Wildman–Crippen MR) is 72.0 cm³/mol. The van der Waals surface area contributed by atoms with Gasteiger partial charge in [0.25, 0.3) is 0 Å². The summed E-state index contributed by atoms with van der Waals surface area (Å²) < 4.78 is 39.9. The molecule has 0 radical (unpaired) electrons.